The van der Waals surface area contributed by atoms with E-state index in [1.165, 1.54) is 29.2 Å². The van der Waals surface area contributed by atoms with E-state index >= 15 is 0 Å². The molecule has 0 spiro atoms. The first kappa shape index (κ1) is 21.3. The van der Waals surface area contributed by atoms with E-state index < -0.39 is 12.0 Å². The lowest BCUT2D eigenvalue weighted by molar-refractivity contribution is -0.138. The molecule has 0 radical (unpaired) electrons. The van der Waals surface area contributed by atoms with E-state index in [2.05, 4.69) is 5.32 Å². The molecule has 1 aromatic carbocycles. The number of nitrogens with one attached hydrogen (secondary N) is 1. The summed E-state index contributed by atoms with van der Waals surface area (Å²) in [6, 6.07) is 5.11. The zero-order valence-electron chi connectivity index (χ0n) is 17.2. The van der Waals surface area contributed by atoms with Crippen molar-refractivity contribution < 1.29 is 18.8 Å². The van der Waals surface area contributed by atoms with Crippen LogP contribution in [0.4, 0.5) is 10.1 Å². The first-order valence-electron chi connectivity index (χ1n) is 10.5. The molecular weight excluding hydrogens is 373 g/mol. The summed E-state index contributed by atoms with van der Waals surface area (Å²) in [5.41, 5.74) is 0.579. The van der Waals surface area contributed by atoms with Gasteiger partial charge in [-0.05, 0) is 55.9 Å². The summed E-state index contributed by atoms with van der Waals surface area (Å²) >= 11 is 0. The van der Waals surface area contributed by atoms with Gasteiger partial charge in [-0.1, -0.05) is 13.8 Å². The minimum Gasteiger partial charge on any atom is -0.344 e. The summed E-state index contributed by atoms with van der Waals surface area (Å²) < 4.78 is 13.1. The van der Waals surface area contributed by atoms with Crippen molar-refractivity contribution in [3.63, 3.8) is 0 Å². The Bertz CT molecular complexity index is 744. The molecule has 2 atom stereocenters. The lowest BCUT2D eigenvalue weighted by atomic mass is 9.99. The lowest BCUT2D eigenvalue weighted by Gasteiger charge is -2.31. The Balaban J connectivity index is 1.65. The van der Waals surface area contributed by atoms with Crippen LogP contribution in [-0.2, 0) is 14.4 Å². The second-order valence-electron chi connectivity index (χ2n) is 8.46. The zero-order chi connectivity index (χ0) is 21.0. The number of amides is 3. The van der Waals surface area contributed by atoms with Crippen LogP contribution in [0.15, 0.2) is 24.3 Å². The number of carbonyl (C=O) groups excluding carboxylic acids is 3. The molecule has 3 amide bonds. The smallest absolute Gasteiger partial charge is 0.245 e. The molecule has 1 unspecified atom stereocenters. The molecule has 2 saturated heterocycles. The molecule has 0 aromatic heterocycles. The number of likely N-dealkylation sites (tertiary alicyclic amines) is 1. The van der Waals surface area contributed by atoms with Crippen molar-refractivity contribution >= 4 is 23.4 Å². The van der Waals surface area contributed by atoms with Crippen LogP contribution in [0.1, 0.15) is 46.0 Å². The Morgan fingerprint density at radius 3 is 2.41 bits per heavy atom. The molecule has 158 valence electrons. The largest absolute Gasteiger partial charge is 0.344 e. The number of piperidine rings is 1. The van der Waals surface area contributed by atoms with E-state index in [1.54, 1.807) is 0 Å². The van der Waals surface area contributed by atoms with Gasteiger partial charge >= 0.3 is 0 Å². The maximum absolute atomic E-state index is 13.1. The number of anilines is 1. The third-order valence-corrected chi connectivity index (χ3v) is 5.62. The first-order valence-corrected chi connectivity index (χ1v) is 10.5. The fourth-order valence-electron chi connectivity index (χ4n) is 4.07. The van der Waals surface area contributed by atoms with Crippen LogP contribution >= 0.6 is 0 Å². The van der Waals surface area contributed by atoms with Gasteiger partial charge in [0.15, 0.2) is 0 Å². The fourth-order valence-corrected chi connectivity index (χ4v) is 4.07. The molecule has 2 aliphatic rings. The van der Waals surface area contributed by atoms with Gasteiger partial charge in [-0.15, -0.1) is 0 Å². The Kier molecular flexibility index (Phi) is 6.87. The van der Waals surface area contributed by atoms with E-state index in [0.29, 0.717) is 12.1 Å². The number of carbonyl (C=O) groups is 3. The molecule has 0 saturated carbocycles. The minimum absolute atomic E-state index is 0.0218. The zero-order valence-corrected chi connectivity index (χ0v) is 17.2. The number of hydrogen-bond acceptors (Lipinski definition) is 3. The second-order valence-corrected chi connectivity index (χ2v) is 8.46. The van der Waals surface area contributed by atoms with Gasteiger partial charge in [-0.25, -0.2) is 4.39 Å². The van der Waals surface area contributed by atoms with Crippen molar-refractivity contribution in [2.45, 2.75) is 52.0 Å². The molecule has 0 bridgehead atoms. The molecule has 2 heterocycles. The van der Waals surface area contributed by atoms with Crippen LogP contribution in [0.5, 0.6) is 0 Å². The Morgan fingerprint density at radius 1 is 1.14 bits per heavy atom. The highest BCUT2D eigenvalue weighted by atomic mass is 19.1. The normalized spacial score (nSPS) is 20.8. The van der Waals surface area contributed by atoms with E-state index in [4.69, 9.17) is 0 Å². The molecule has 3 rings (SSSR count). The lowest BCUT2D eigenvalue weighted by Crippen LogP contribution is -2.51. The van der Waals surface area contributed by atoms with Crippen LogP contribution in [-0.4, -0.2) is 48.3 Å². The van der Waals surface area contributed by atoms with Gasteiger partial charge < -0.3 is 15.1 Å². The summed E-state index contributed by atoms with van der Waals surface area (Å²) in [6.45, 7) is 5.77. The standard InChI is InChI=1S/C22H30FN3O3/c1-15(2)12-19(22(29)25-10-4-3-5-11-25)24-21(28)16-13-20(27)26(14-16)18-8-6-17(23)7-9-18/h6-9,15-16,19H,3-5,10-14H2,1-2H3,(H,24,28)/t16?,19-/m0/s1. The first-order chi connectivity index (χ1) is 13.8. The second kappa shape index (κ2) is 9.37. The van der Waals surface area contributed by atoms with Crippen LogP contribution in [0.2, 0.25) is 0 Å². The van der Waals surface area contributed by atoms with Gasteiger partial charge in [0, 0.05) is 31.7 Å². The van der Waals surface area contributed by atoms with Crippen LogP contribution < -0.4 is 10.2 Å². The molecule has 2 fully saturated rings. The molecule has 29 heavy (non-hydrogen) atoms. The highest BCUT2D eigenvalue weighted by Crippen LogP contribution is 2.26. The predicted octanol–water partition coefficient (Wildman–Crippen LogP) is 2.72. The van der Waals surface area contributed by atoms with Gasteiger partial charge in [0.2, 0.25) is 17.7 Å². The number of nitrogens with zero attached hydrogens (tertiary/aromatic N) is 2. The molecule has 7 heteroatoms. The molecule has 2 aliphatic heterocycles. The third kappa shape index (κ3) is 5.34. The van der Waals surface area contributed by atoms with Crippen molar-refractivity contribution in [1.82, 2.24) is 10.2 Å². The van der Waals surface area contributed by atoms with Crippen molar-refractivity contribution in [3.8, 4) is 0 Å². The summed E-state index contributed by atoms with van der Waals surface area (Å²) in [6.07, 6.45) is 3.79. The average Bonchev–Trinajstić information content (AvgIpc) is 3.09. The van der Waals surface area contributed by atoms with Crippen LogP contribution in [0.25, 0.3) is 0 Å². The Hall–Kier alpha value is -2.44. The summed E-state index contributed by atoms with van der Waals surface area (Å²) in [7, 11) is 0. The topological polar surface area (TPSA) is 69.7 Å². The number of hydrogen-bond donors (Lipinski definition) is 1. The highest BCUT2D eigenvalue weighted by Gasteiger charge is 2.37. The number of benzene rings is 1. The average molecular weight is 403 g/mol. The van der Waals surface area contributed by atoms with Crippen LogP contribution in [0, 0.1) is 17.7 Å². The molecule has 1 N–H and O–H groups in total. The highest BCUT2D eigenvalue weighted by molar-refractivity contribution is 6.01. The van der Waals surface area contributed by atoms with Crippen molar-refractivity contribution in [2.75, 3.05) is 24.5 Å². The number of halogens is 1. The maximum Gasteiger partial charge on any atom is 0.245 e. The number of rotatable bonds is 6. The summed E-state index contributed by atoms with van der Waals surface area (Å²) in [4.78, 5) is 41.6. The van der Waals surface area contributed by atoms with Crippen molar-refractivity contribution in [1.29, 1.82) is 0 Å². The molecule has 1 aromatic rings. The molecule has 6 nitrogen and oxygen atoms in total. The molecular formula is C22H30FN3O3. The van der Waals surface area contributed by atoms with Crippen molar-refractivity contribution in [2.24, 2.45) is 11.8 Å². The van der Waals surface area contributed by atoms with Gasteiger partial charge in [-0.3, -0.25) is 14.4 Å². The SMILES string of the molecule is CC(C)C[C@H](NC(=O)C1CC(=O)N(c2ccc(F)cc2)C1)C(=O)N1CCCCC1. The minimum atomic E-state index is -0.560. The monoisotopic (exact) mass is 403 g/mol. The van der Waals surface area contributed by atoms with Crippen molar-refractivity contribution in [3.05, 3.63) is 30.1 Å². The Morgan fingerprint density at radius 2 is 1.79 bits per heavy atom. The van der Waals surface area contributed by atoms with E-state index in [1.807, 2.05) is 18.7 Å². The van der Waals surface area contributed by atoms with Gasteiger partial charge in [0.1, 0.15) is 11.9 Å². The predicted molar refractivity (Wildman–Crippen MR) is 109 cm³/mol. The summed E-state index contributed by atoms with van der Waals surface area (Å²) in [5, 5.41) is 2.92. The quantitative estimate of drug-likeness (QED) is 0.794. The maximum atomic E-state index is 13.1. The Labute approximate surface area is 171 Å². The summed E-state index contributed by atoms with van der Waals surface area (Å²) in [5.74, 6) is -1.08. The van der Waals surface area contributed by atoms with E-state index in [0.717, 1.165) is 32.4 Å². The third-order valence-electron chi connectivity index (χ3n) is 5.62. The fraction of sp³-hybridized carbons (Fsp3) is 0.591. The van der Waals surface area contributed by atoms with Crippen LogP contribution in [0.3, 0.4) is 0 Å². The molecule has 0 aliphatic carbocycles. The van der Waals surface area contributed by atoms with Gasteiger partial charge in [0.05, 0.1) is 5.92 Å². The van der Waals surface area contributed by atoms with E-state index in [-0.39, 0.29) is 42.4 Å². The van der Waals surface area contributed by atoms with Gasteiger partial charge in [0.25, 0.3) is 0 Å². The van der Waals surface area contributed by atoms with Gasteiger partial charge in [-0.2, -0.15) is 0 Å². The van der Waals surface area contributed by atoms with E-state index in [9.17, 15) is 18.8 Å².